The van der Waals surface area contributed by atoms with E-state index in [0.717, 1.165) is 12.8 Å². The summed E-state index contributed by atoms with van der Waals surface area (Å²) in [5.74, 6) is -0.271. The Kier molecular flexibility index (Phi) is 4.06. The molecule has 0 radical (unpaired) electrons. The molecule has 0 saturated heterocycles. The lowest BCUT2D eigenvalue weighted by molar-refractivity contribution is 0.0773. The number of hydrogen-bond acceptors (Lipinski definition) is 3. The minimum Gasteiger partial charge on any atom is -0.396 e. The van der Waals surface area contributed by atoms with Crippen LogP contribution in [0.3, 0.4) is 0 Å². The molecule has 2 aromatic rings. The molecule has 122 valence electrons. The minimum absolute atomic E-state index is 0.00311. The standard InChI is InChI=1S/C18H21FN2O2/c1-18(2,10-22)16(11-5-6-11)21-17(23)13-7-8-14(19)12-4-3-9-20-15(12)13/h3-4,7-9,11,16,22H,5-6,10H2,1-2H3,(H,21,23). The Labute approximate surface area is 134 Å². The quantitative estimate of drug-likeness (QED) is 0.891. The van der Waals surface area contributed by atoms with Crippen LogP contribution in [0, 0.1) is 17.2 Å². The van der Waals surface area contributed by atoms with Crippen molar-refractivity contribution in [1.29, 1.82) is 0 Å². The molecule has 2 N–H and O–H groups in total. The normalized spacial score (nSPS) is 16.3. The van der Waals surface area contributed by atoms with Gasteiger partial charge in [0, 0.05) is 23.0 Å². The average Bonchev–Trinajstić information content (AvgIpc) is 3.37. The van der Waals surface area contributed by atoms with Crippen LogP contribution in [-0.2, 0) is 0 Å². The first-order valence-electron chi connectivity index (χ1n) is 7.89. The number of amides is 1. The summed E-state index contributed by atoms with van der Waals surface area (Å²) in [7, 11) is 0. The summed E-state index contributed by atoms with van der Waals surface area (Å²) in [6, 6.07) is 5.92. The van der Waals surface area contributed by atoms with E-state index in [4.69, 9.17) is 0 Å². The van der Waals surface area contributed by atoms with E-state index in [0.29, 0.717) is 22.4 Å². The number of aliphatic hydroxyl groups is 1. The molecule has 0 aliphatic heterocycles. The van der Waals surface area contributed by atoms with Gasteiger partial charge in [-0.15, -0.1) is 0 Å². The van der Waals surface area contributed by atoms with Crippen LogP contribution in [0.25, 0.3) is 10.9 Å². The van der Waals surface area contributed by atoms with Gasteiger partial charge >= 0.3 is 0 Å². The maximum absolute atomic E-state index is 13.9. The average molecular weight is 316 g/mol. The lowest BCUT2D eigenvalue weighted by atomic mass is 9.82. The smallest absolute Gasteiger partial charge is 0.253 e. The highest BCUT2D eigenvalue weighted by molar-refractivity contribution is 6.05. The summed E-state index contributed by atoms with van der Waals surface area (Å²) < 4.78 is 13.9. The molecule has 1 aliphatic rings. The number of pyridine rings is 1. The Hall–Kier alpha value is -2.01. The number of halogens is 1. The molecule has 1 fully saturated rings. The zero-order valence-corrected chi connectivity index (χ0v) is 13.3. The summed E-state index contributed by atoms with van der Waals surface area (Å²) in [4.78, 5) is 16.9. The number of rotatable bonds is 5. The highest BCUT2D eigenvalue weighted by atomic mass is 19.1. The van der Waals surface area contributed by atoms with E-state index in [9.17, 15) is 14.3 Å². The topological polar surface area (TPSA) is 62.2 Å². The van der Waals surface area contributed by atoms with Crippen molar-refractivity contribution in [2.24, 2.45) is 11.3 Å². The van der Waals surface area contributed by atoms with E-state index in [1.54, 1.807) is 18.3 Å². The lowest BCUT2D eigenvalue weighted by Crippen LogP contribution is -2.48. The predicted octanol–water partition coefficient (Wildman–Crippen LogP) is 2.90. The van der Waals surface area contributed by atoms with E-state index in [1.165, 1.54) is 12.1 Å². The van der Waals surface area contributed by atoms with Gasteiger partial charge in [-0.1, -0.05) is 13.8 Å². The molecule has 1 heterocycles. The Morgan fingerprint density at radius 2 is 2.17 bits per heavy atom. The molecule has 4 nitrogen and oxygen atoms in total. The monoisotopic (exact) mass is 316 g/mol. The minimum atomic E-state index is -0.403. The molecule has 23 heavy (non-hydrogen) atoms. The van der Waals surface area contributed by atoms with Crippen LogP contribution in [0.2, 0.25) is 0 Å². The van der Waals surface area contributed by atoms with Gasteiger partial charge < -0.3 is 10.4 Å². The number of carbonyl (C=O) groups excluding carboxylic acids is 1. The van der Waals surface area contributed by atoms with Gasteiger partial charge in [-0.2, -0.15) is 0 Å². The molecule has 3 rings (SSSR count). The van der Waals surface area contributed by atoms with Crippen LogP contribution in [0.15, 0.2) is 30.5 Å². The van der Waals surface area contributed by atoms with Crippen molar-refractivity contribution in [3.05, 3.63) is 41.8 Å². The van der Waals surface area contributed by atoms with E-state index in [1.807, 2.05) is 13.8 Å². The van der Waals surface area contributed by atoms with Gasteiger partial charge in [-0.05, 0) is 43.0 Å². The Balaban J connectivity index is 1.93. The van der Waals surface area contributed by atoms with Gasteiger partial charge in [0.05, 0.1) is 17.7 Å². The number of carbonyl (C=O) groups is 1. The third-order valence-electron chi connectivity index (χ3n) is 4.59. The molecule has 0 bridgehead atoms. The van der Waals surface area contributed by atoms with E-state index in [-0.39, 0.29) is 24.4 Å². The van der Waals surface area contributed by atoms with Gasteiger partial charge in [-0.25, -0.2) is 4.39 Å². The second-order valence-corrected chi connectivity index (χ2v) is 6.93. The van der Waals surface area contributed by atoms with Crippen LogP contribution >= 0.6 is 0 Å². The summed E-state index contributed by atoms with van der Waals surface area (Å²) in [5, 5.41) is 13.0. The van der Waals surface area contributed by atoms with Crippen LogP contribution in [0.1, 0.15) is 37.0 Å². The molecule has 1 aliphatic carbocycles. The maximum atomic E-state index is 13.9. The first-order valence-corrected chi connectivity index (χ1v) is 7.89. The van der Waals surface area contributed by atoms with Crippen molar-refractivity contribution >= 4 is 16.8 Å². The molecule has 1 aromatic heterocycles. The van der Waals surface area contributed by atoms with Crippen molar-refractivity contribution in [3.8, 4) is 0 Å². The van der Waals surface area contributed by atoms with E-state index >= 15 is 0 Å². The summed E-state index contributed by atoms with van der Waals surface area (Å²) in [6.45, 7) is 3.88. The van der Waals surface area contributed by atoms with Crippen LogP contribution in [0.5, 0.6) is 0 Å². The second kappa shape index (κ2) is 5.89. The zero-order valence-electron chi connectivity index (χ0n) is 13.3. The summed E-state index contributed by atoms with van der Waals surface area (Å²) >= 11 is 0. The Bertz CT molecular complexity index is 741. The number of nitrogens with one attached hydrogen (secondary N) is 1. The van der Waals surface area contributed by atoms with Crippen molar-refractivity contribution in [1.82, 2.24) is 10.3 Å². The van der Waals surface area contributed by atoms with Crippen molar-refractivity contribution in [2.45, 2.75) is 32.7 Å². The fraction of sp³-hybridized carbons (Fsp3) is 0.444. The first-order chi connectivity index (χ1) is 10.9. The highest BCUT2D eigenvalue weighted by Crippen LogP contribution is 2.40. The third kappa shape index (κ3) is 3.06. The van der Waals surface area contributed by atoms with Gasteiger partial charge in [0.2, 0.25) is 0 Å². The Morgan fingerprint density at radius 1 is 1.43 bits per heavy atom. The fourth-order valence-electron chi connectivity index (χ4n) is 3.02. The summed E-state index contributed by atoms with van der Waals surface area (Å²) in [6.07, 6.45) is 3.65. The molecule has 1 atom stereocenters. The molecule has 1 unspecified atom stereocenters. The first kappa shape index (κ1) is 15.9. The SMILES string of the molecule is CC(C)(CO)C(NC(=O)c1ccc(F)c2cccnc12)C1CC1. The highest BCUT2D eigenvalue weighted by Gasteiger charge is 2.42. The number of fused-ring (bicyclic) bond motifs is 1. The number of aliphatic hydroxyl groups excluding tert-OH is 1. The third-order valence-corrected chi connectivity index (χ3v) is 4.59. The van der Waals surface area contributed by atoms with Crippen LogP contribution < -0.4 is 5.32 Å². The lowest BCUT2D eigenvalue weighted by Gasteiger charge is -2.33. The van der Waals surface area contributed by atoms with E-state index < -0.39 is 5.41 Å². The van der Waals surface area contributed by atoms with Gasteiger partial charge in [0.25, 0.3) is 5.91 Å². The van der Waals surface area contributed by atoms with E-state index in [2.05, 4.69) is 10.3 Å². The van der Waals surface area contributed by atoms with Crippen molar-refractivity contribution < 1.29 is 14.3 Å². The summed E-state index contributed by atoms with van der Waals surface area (Å²) in [5.41, 5.74) is 0.322. The number of nitrogens with zero attached hydrogens (tertiary/aromatic N) is 1. The largest absolute Gasteiger partial charge is 0.396 e. The van der Waals surface area contributed by atoms with Crippen molar-refractivity contribution in [2.75, 3.05) is 6.61 Å². The maximum Gasteiger partial charge on any atom is 0.253 e. The molecule has 1 aromatic carbocycles. The van der Waals surface area contributed by atoms with Gasteiger partial charge in [0.15, 0.2) is 0 Å². The van der Waals surface area contributed by atoms with Gasteiger partial charge in [0.1, 0.15) is 5.82 Å². The predicted molar refractivity (Wildman–Crippen MR) is 86.5 cm³/mol. The molecule has 5 heteroatoms. The van der Waals surface area contributed by atoms with Gasteiger partial charge in [-0.3, -0.25) is 9.78 Å². The molecule has 0 spiro atoms. The van der Waals surface area contributed by atoms with Crippen molar-refractivity contribution in [3.63, 3.8) is 0 Å². The zero-order chi connectivity index (χ0) is 16.6. The van der Waals surface area contributed by atoms with Crippen LogP contribution in [-0.4, -0.2) is 28.6 Å². The fourth-order valence-corrected chi connectivity index (χ4v) is 3.02. The Morgan fingerprint density at radius 3 is 2.83 bits per heavy atom. The molecular weight excluding hydrogens is 295 g/mol. The molecule has 1 amide bonds. The molecular formula is C18H21FN2O2. The number of hydrogen-bond donors (Lipinski definition) is 2. The molecule has 1 saturated carbocycles. The number of benzene rings is 1. The van der Waals surface area contributed by atoms with Crippen LogP contribution in [0.4, 0.5) is 4.39 Å². The second-order valence-electron chi connectivity index (χ2n) is 6.93. The number of aromatic nitrogens is 1.